The van der Waals surface area contributed by atoms with E-state index in [1.165, 1.54) is 0 Å². The van der Waals surface area contributed by atoms with E-state index in [2.05, 4.69) is 5.32 Å². The molecule has 1 amide bonds. The highest BCUT2D eigenvalue weighted by atomic mass is 35.5. The van der Waals surface area contributed by atoms with Crippen molar-refractivity contribution in [2.75, 3.05) is 18.9 Å². The molecule has 0 heterocycles. The summed E-state index contributed by atoms with van der Waals surface area (Å²) in [5.41, 5.74) is 6.61. The summed E-state index contributed by atoms with van der Waals surface area (Å²) in [6, 6.07) is 12.0. The fraction of sp³-hybridized carbons (Fsp3) is 0.133. The van der Waals surface area contributed by atoms with E-state index in [0.29, 0.717) is 35.2 Å². The van der Waals surface area contributed by atoms with Crippen molar-refractivity contribution in [3.05, 3.63) is 58.1 Å². The van der Waals surface area contributed by atoms with E-state index in [4.69, 9.17) is 33.7 Å². The molecule has 2 rings (SSSR count). The van der Waals surface area contributed by atoms with E-state index < -0.39 is 0 Å². The van der Waals surface area contributed by atoms with E-state index in [1.807, 2.05) is 0 Å². The molecule has 0 aliphatic heterocycles. The van der Waals surface area contributed by atoms with Gasteiger partial charge in [-0.1, -0.05) is 35.3 Å². The second-order valence-corrected chi connectivity index (χ2v) is 5.06. The predicted molar refractivity (Wildman–Crippen MR) is 85.1 cm³/mol. The predicted octanol–water partition coefficient (Wildman–Crippen LogP) is 3.38. The first kappa shape index (κ1) is 15.5. The first-order chi connectivity index (χ1) is 10.1. The van der Waals surface area contributed by atoms with E-state index in [9.17, 15) is 4.79 Å². The van der Waals surface area contributed by atoms with Gasteiger partial charge in [0.15, 0.2) is 0 Å². The Morgan fingerprint density at radius 3 is 2.71 bits per heavy atom. The van der Waals surface area contributed by atoms with Crippen LogP contribution in [0.1, 0.15) is 10.4 Å². The van der Waals surface area contributed by atoms with Gasteiger partial charge in [0.05, 0.1) is 22.2 Å². The van der Waals surface area contributed by atoms with Gasteiger partial charge in [-0.25, -0.2) is 0 Å². The molecule has 6 heteroatoms. The van der Waals surface area contributed by atoms with Crippen molar-refractivity contribution in [3.8, 4) is 5.75 Å². The molecule has 0 atom stereocenters. The molecule has 0 bridgehead atoms. The normalized spacial score (nSPS) is 10.2. The average molecular weight is 325 g/mol. The Hall–Kier alpha value is -1.91. The maximum Gasteiger partial charge on any atom is 0.252 e. The van der Waals surface area contributed by atoms with Crippen LogP contribution in [-0.4, -0.2) is 19.1 Å². The van der Waals surface area contributed by atoms with Gasteiger partial charge < -0.3 is 15.8 Å². The highest BCUT2D eigenvalue weighted by Crippen LogP contribution is 2.25. The number of hydrogen-bond acceptors (Lipinski definition) is 3. The average Bonchev–Trinajstić information content (AvgIpc) is 2.46. The van der Waals surface area contributed by atoms with Gasteiger partial charge >= 0.3 is 0 Å². The fourth-order valence-electron chi connectivity index (χ4n) is 1.71. The van der Waals surface area contributed by atoms with Crippen molar-refractivity contribution in [1.82, 2.24) is 5.32 Å². The van der Waals surface area contributed by atoms with Crippen molar-refractivity contribution in [1.29, 1.82) is 0 Å². The van der Waals surface area contributed by atoms with Crippen LogP contribution in [0.25, 0.3) is 0 Å². The summed E-state index contributed by atoms with van der Waals surface area (Å²) >= 11 is 11.8. The lowest BCUT2D eigenvalue weighted by atomic mass is 10.2. The van der Waals surface area contributed by atoms with Crippen LogP contribution >= 0.6 is 23.2 Å². The second kappa shape index (κ2) is 7.20. The third-order valence-corrected chi connectivity index (χ3v) is 3.53. The smallest absolute Gasteiger partial charge is 0.252 e. The van der Waals surface area contributed by atoms with Gasteiger partial charge in [0.25, 0.3) is 5.91 Å². The highest BCUT2D eigenvalue weighted by molar-refractivity contribution is 6.43. The zero-order valence-electron chi connectivity index (χ0n) is 11.1. The van der Waals surface area contributed by atoms with Gasteiger partial charge in [0.1, 0.15) is 12.4 Å². The van der Waals surface area contributed by atoms with Crippen molar-refractivity contribution >= 4 is 34.8 Å². The van der Waals surface area contributed by atoms with Gasteiger partial charge in [-0.15, -0.1) is 0 Å². The molecule has 21 heavy (non-hydrogen) atoms. The maximum absolute atomic E-state index is 12.0. The molecule has 0 unspecified atom stereocenters. The van der Waals surface area contributed by atoms with Crippen LogP contribution < -0.4 is 15.8 Å². The molecule has 0 aliphatic carbocycles. The van der Waals surface area contributed by atoms with E-state index in [1.54, 1.807) is 42.5 Å². The first-order valence-corrected chi connectivity index (χ1v) is 7.04. The van der Waals surface area contributed by atoms with Crippen LogP contribution in [0.3, 0.4) is 0 Å². The van der Waals surface area contributed by atoms with Crippen LogP contribution in [0.2, 0.25) is 10.0 Å². The molecular formula is C15H14Cl2N2O2. The number of nitrogens with one attached hydrogen (secondary N) is 1. The molecule has 0 spiro atoms. The fourth-order valence-corrected chi connectivity index (χ4v) is 2.10. The monoisotopic (exact) mass is 324 g/mol. The number of anilines is 1. The van der Waals surface area contributed by atoms with E-state index >= 15 is 0 Å². The van der Waals surface area contributed by atoms with Crippen LogP contribution in [-0.2, 0) is 0 Å². The number of carbonyl (C=O) groups is 1. The number of nitrogens with two attached hydrogens (primary N) is 1. The molecular weight excluding hydrogens is 311 g/mol. The number of benzene rings is 2. The Morgan fingerprint density at radius 1 is 1.19 bits per heavy atom. The van der Waals surface area contributed by atoms with Crippen LogP contribution in [0.4, 0.5) is 5.69 Å². The minimum Gasteiger partial charge on any atom is -0.492 e. The summed E-state index contributed by atoms with van der Waals surface area (Å²) in [5.74, 6) is 0.365. The van der Waals surface area contributed by atoms with Crippen molar-refractivity contribution in [2.45, 2.75) is 0 Å². The number of halogens is 2. The summed E-state index contributed by atoms with van der Waals surface area (Å²) in [6.07, 6.45) is 0. The topological polar surface area (TPSA) is 64.3 Å². The summed E-state index contributed by atoms with van der Waals surface area (Å²) in [7, 11) is 0. The number of carbonyl (C=O) groups excluding carboxylic acids is 1. The van der Waals surface area contributed by atoms with Crippen molar-refractivity contribution < 1.29 is 9.53 Å². The molecule has 0 aromatic heterocycles. The number of rotatable bonds is 5. The van der Waals surface area contributed by atoms with Gasteiger partial charge in [0, 0.05) is 11.8 Å². The zero-order valence-corrected chi connectivity index (χ0v) is 12.6. The maximum atomic E-state index is 12.0. The van der Waals surface area contributed by atoms with Crippen molar-refractivity contribution in [3.63, 3.8) is 0 Å². The molecule has 0 saturated heterocycles. The molecule has 3 N–H and O–H groups in total. The van der Waals surface area contributed by atoms with Crippen LogP contribution in [0.5, 0.6) is 5.75 Å². The number of nitrogen functional groups attached to an aromatic ring is 1. The number of ether oxygens (including phenoxy) is 1. The summed E-state index contributed by atoms with van der Waals surface area (Å²) in [5, 5.41) is 3.31. The summed E-state index contributed by atoms with van der Waals surface area (Å²) in [6.45, 7) is 0.670. The lowest BCUT2D eigenvalue weighted by Gasteiger charge is -2.09. The third-order valence-electron chi connectivity index (χ3n) is 2.71. The quantitative estimate of drug-likeness (QED) is 0.654. The first-order valence-electron chi connectivity index (χ1n) is 6.28. The van der Waals surface area contributed by atoms with Gasteiger partial charge in [-0.2, -0.15) is 0 Å². The molecule has 4 nitrogen and oxygen atoms in total. The largest absolute Gasteiger partial charge is 0.492 e. The Bertz CT molecular complexity index is 647. The minimum atomic E-state index is -0.293. The lowest BCUT2D eigenvalue weighted by Crippen LogP contribution is -2.28. The molecule has 0 radical (unpaired) electrons. The number of amides is 1. The minimum absolute atomic E-state index is 0.244. The second-order valence-electron chi connectivity index (χ2n) is 4.28. The van der Waals surface area contributed by atoms with Crippen LogP contribution in [0.15, 0.2) is 42.5 Å². The SMILES string of the molecule is Nc1cccc(OCCNC(=O)c2cccc(Cl)c2Cl)c1. The zero-order chi connectivity index (χ0) is 15.2. The van der Waals surface area contributed by atoms with Gasteiger partial charge in [-0.3, -0.25) is 4.79 Å². The van der Waals surface area contributed by atoms with Crippen molar-refractivity contribution in [2.24, 2.45) is 0 Å². The third kappa shape index (κ3) is 4.28. The molecule has 0 saturated carbocycles. The van der Waals surface area contributed by atoms with Gasteiger partial charge in [0.2, 0.25) is 0 Å². The highest BCUT2D eigenvalue weighted by Gasteiger charge is 2.11. The molecule has 2 aromatic carbocycles. The van der Waals surface area contributed by atoms with Gasteiger partial charge in [-0.05, 0) is 24.3 Å². The Balaban J connectivity index is 1.83. The van der Waals surface area contributed by atoms with Crippen LogP contribution in [0, 0.1) is 0 Å². The Morgan fingerprint density at radius 2 is 1.95 bits per heavy atom. The molecule has 110 valence electrons. The summed E-state index contributed by atoms with van der Waals surface area (Å²) < 4.78 is 5.47. The van der Waals surface area contributed by atoms with E-state index in [-0.39, 0.29) is 10.9 Å². The molecule has 0 aliphatic rings. The van der Waals surface area contributed by atoms with E-state index in [0.717, 1.165) is 0 Å². The standard InChI is InChI=1S/C15H14Cl2N2O2/c16-13-6-2-5-12(14(13)17)15(20)19-7-8-21-11-4-1-3-10(18)9-11/h1-6,9H,7-8,18H2,(H,19,20). The number of hydrogen-bond donors (Lipinski definition) is 2. The Labute approximate surface area is 132 Å². The molecule has 0 fully saturated rings. The summed E-state index contributed by atoms with van der Waals surface area (Å²) in [4.78, 5) is 12.0. The Kier molecular flexibility index (Phi) is 5.31. The molecule has 2 aromatic rings. The lowest BCUT2D eigenvalue weighted by molar-refractivity contribution is 0.0947.